The number of aromatic carboxylic acids is 1. The molecule has 2 rings (SSSR count). The van der Waals surface area contributed by atoms with Crippen LogP contribution >= 0.6 is 0 Å². The van der Waals surface area contributed by atoms with Crippen LogP contribution in [0.3, 0.4) is 0 Å². The maximum Gasteiger partial charge on any atom is 0.410 e. The van der Waals surface area contributed by atoms with Crippen molar-refractivity contribution in [3.8, 4) is 0 Å². The Morgan fingerprint density at radius 1 is 1.08 bits per heavy atom. The predicted octanol–water partition coefficient (Wildman–Crippen LogP) is 3.03. The second kappa shape index (κ2) is 7.35. The number of nitrogens with zero attached hydrogens (tertiary/aromatic N) is 1. The molecule has 7 heteroatoms. The second-order valence-electron chi connectivity index (χ2n) is 7.73. The standard InChI is InChI=1S/C19H25NO6/c1-18(2,3)26-17(25)20-10-8-19(9-11-20,16(23)24)12-13-4-6-14(7-5-13)15(21)22/h4-7H,8-12H2,1-3H3,(H,21,22)(H,23,24). The summed E-state index contributed by atoms with van der Waals surface area (Å²) in [5.74, 6) is -1.92. The predicted molar refractivity (Wildman–Crippen MR) is 94.2 cm³/mol. The Kier molecular flexibility index (Phi) is 5.59. The largest absolute Gasteiger partial charge is 0.481 e. The fourth-order valence-electron chi connectivity index (χ4n) is 3.07. The molecule has 0 spiro atoms. The van der Waals surface area contributed by atoms with E-state index < -0.39 is 29.0 Å². The molecule has 1 aliphatic heterocycles. The Bertz CT molecular complexity index is 681. The van der Waals surface area contributed by atoms with E-state index in [-0.39, 0.29) is 5.56 Å². The van der Waals surface area contributed by atoms with Crippen LogP contribution in [0.5, 0.6) is 0 Å². The van der Waals surface area contributed by atoms with Crippen LogP contribution in [0, 0.1) is 5.41 Å². The maximum atomic E-state index is 12.2. The minimum atomic E-state index is -1.02. The van der Waals surface area contributed by atoms with Crippen molar-refractivity contribution in [2.45, 2.75) is 45.6 Å². The second-order valence-corrected chi connectivity index (χ2v) is 7.73. The Morgan fingerprint density at radius 2 is 1.62 bits per heavy atom. The van der Waals surface area contributed by atoms with Gasteiger partial charge >= 0.3 is 18.0 Å². The zero-order chi connectivity index (χ0) is 19.5. The zero-order valence-electron chi connectivity index (χ0n) is 15.3. The van der Waals surface area contributed by atoms with Gasteiger partial charge in [0, 0.05) is 13.1 Å². The molecule has 1 heterocycles. The summed E-state index contributed by atoms with van der Waals surface area (Å²) < 4.78 is 5.34. The van der Waals surface area contributed by atoms with Gasteiger partial charge < -0.3 is 19.8 Å². The number of hydrogen-bond donors (Lipinski definition) is 2. The van der Waals surface area contributed by atoms with Crippen LogP contribution in [0.25, 0.3) is 0 Å². The van der Waals surface area contributed by atoms with E-state index in [4.69, 9.17) is 9.84 Å². The number of aliphatic carboxylic acids is 1. The average molecular weight is 363 g/mol. The molecule has 0 atom stereocenters. The lowest BCUT2D eigenvalue weighted by Crippen LogP contribution is -2.48. The highest BCUT2D eigenvalue weighted by Crippen LogP contribution is 2.36. The zero-order valence-corrected chi connectivity index (χ0v) is 15.3. The number of carbonyl (C=O) groups is 3. The highest BCUT2D eigenvalue weighted by atomic mass is 16.6. The van der Waals surface area contributed by atoms with Gasteiger partial charge in [-0.3, -0.25) is 4.79 Å². The molecule has 1 fully saturated rings. The summed E-state index contributed by atoms with van der Waals surface area (Å²) in [5.41, 5.74) is -0.630. The number of rotatable bonds is 4. The molecule has 7 nitrogen and oxygen atoms in total. The van der Waals surface area contributed by atoms with Crippen molar-refractivity contribution < 1.29 is 29.3 Å². The SMILES string of the molecule is CC(C)(C)OC(=O)N1CCC(Cc2ccc(C(=O)O)cc2)(C(=O)O)CC1. The lowest BCUT2D eigenvalue weighted by Gasteiger charge is -2.39. The van der Waals surface area contributed by atoms with Crippen LogP contribution in [0.15, 0.2) is 24.3 Å². The van der Waals surface area contributed by atoms with Crippen molar-refractivity contribution in [3.63, 3.8) is 0 Å². The summed E-state index contributed by atoms with van der Waals surface area (Å²) in [6.45, 7) is 5.99. The molecule has 0 saturated carbocycles. The van der Waals surface area contributed by atoms with Gasteiger partial charge in [-0.1, -0.05) is 12.1 Å². The molecule has 1 saturated heterocycles. The minimum absolute atomic E-state index is 0.165. The number of benzene rings is 1. The highest BCUT2D eigenvalue weighted by Gasteiger charge is 2.43. The number of ether oxygens (including phenoxy) is 1. The van der Waals surface area contributed by atoms with E-state index in [1.807, 2.05) is 0 Å². The monoisotopic (exact) mass is 363 g/mol. The number of hydrogen-bond acceptors (Lipinski definition) is 4. The minimum Gasteiger partial charge on any atom is -0.481 e. The van der Waals surface area contributed by atoms with Crippen molar-refractivity contribution in [1.82, 2.24) is 4.90 Å². The van der Waals surface area contributed by atoms with Gasteiger partial charge in [0.1, 0.15) is 5.60 Å². The van der Waals surface area contributed by atoms with E-state index in [9.17, 15) is 19.5 Å². The Hall–Kier alpha value is -2.57. The molecule has 0 aliphatic carbocycles. The number of carboxylic acid groups (broad SMARTS) is 2. The first-order valence-corrected chi connectivity index (χ1v) is 8.56. The molecule has 1 aromatic carbocycles. The van der Waals surface area contributed by atoms with Gasteiger partial charge in [0.2, 0.25) is 0 Å². The molecule has 1 aliphatic rings. The molecule has 0 aromatic heterocycles. The molecule has 1 aromatic rings. The van der Waals surface area contributed by atoms with Crippen molar-refractivity contribution in [2.75, 3.05) is 13.1 Å². The van der Waals surface area contributed by atoms with Crippen molar-refractivity contribution in [2.24, 2.45) is 5.41 Å². The number of carboxylic acids is 2. The fraction of sp³-hybridized carbons (Fsp3) is 0.526. The first-order chi connectivity index (χ1) is 12.0. The van der Waals surface area contributed by atoms with E-state index >= 15 is 0 Å². The van der Waals surface area contributed by atoms with Gasteiger partial charge in [0.15, 0.2) is 0 Å². The van der Waals surface area contributed by atoms with Crippen LogP contribution in [-0.2, 0) is 16.0 Å². The number of amides is 1. The maximum absolute atomic E-state index is 12.2. The quantitative estimate of drug-likeness (QED) is 0.852. The molecular weight excluding hydrogens is 338 g/mol. The van der Waals surface area contributed by atoms with E-state index in [1.54, 1.807) is 37.8 Å². The Morgan fingerprint density at radius 3 is 2.04 bits per heavy atom. The Labute approximate surface area is 152 Å². The number of likely N-dealkylation sites (tertiary alicyclic amines) is 1. The van der Waals surface area contributed by atoms with Crippen LogP contribution < -0.4 is 0 Å². The van der Waals surface area contributed by atoms with Gasteiger partial charge in [-0.2, -0.15) is 0 Å². The normalized spacial score (nSPS) is 16.8. The summed E-state index contributed by atoms with van der Waals surface area (Å²) in [6.07, 6.45) is 0.511. The van der Waals surface area contributed by atoms with Gasteiger partial charge in [0.25, 0.3) is 0 Å². The third kappa shape index (κ3) is 4.74. The third-order valence-electron chi connectivity index (χ3n) is 4.57. The first-order valence-electron chi connectivity index (χ1n) is 8.56. The van der Waals surface area contributed by atoms with E-state index in [1.165, 1.54) is 12.1 Å². The summed E-state index contributed by atoms with van der Waals surface area (Å²) in [7, 11) is 0. The van der Waals surface area contributed by atoms with Gasteiger partial charge in [0.05, 0.1) is 11.0 Å². The van der Waals surface area contributed by atoms with E-state index in [2.05, 4.69) is 0 Å². The molecule has 2 N–H and O–H groups in total. The highest BCUT2D eigenvalue weighted by molar-refractivity contribution is 5.87. The average Bonchev–Trinajstić information content (AvgIpc) is 2.54. The molecule has 0 radical (unpaired) electrons. The molecule has 0 bridgehead atoms. The van der Waals surface area contributed by atoms with E-state index in [0.717, 1.165) is 5.56 Å². The molecule has 0 unspecified atom stereocenters. The van der Waals surface area contributed by atoms with Crippen LogP contribution in [0.4, 0.5) is 4.79 Å². The van der Waals surface area contributed by atoms with Crippen LogP contribution in [-0.4, -0.2) is 51.8 Å². The van der Waals surface area contributed by atoms with Crippen molar-refractivity contribution in [1.29, 1.82) is 0 Å². The van der Waals surface area contributed by atoms with Crippen molar-refractivity contribution in [3.05, 3.63) is 35.4 Å². The molecule has 26 heavy (non-hydrogen) atoms. The lowest BCUT2D eigenvalue weighted by molar-refractivity contribution is -0.152. The topological polar surface area (TPSA) is 104 Å². The first kappa shape index (κ1) is 19.8. The molecule has 1 amide bonds. The lowest BCUT2D eigenvalue weighted by atomic mass is 9.74. The molecule has 142 valence electrons. The number of piperidine rings is 1. The number of carbonyl (C=O) groups excluding carboxylic acids is 1. The van der Waals surface area contributed by atoms with Gasteiger partial charge in [-0.05, 0) is 57.7 Å². The van der Waals surface area contributed by atoms with Crippen molar-refractivity contribution >= 4 is 18.0 Å². The molecular formula is C19H25NO6. The van der Waals surface area contributed by atoms with Crippen LogP contribution in [0.2, 0.25) is 0 Å². The summed E-state index contributed by atoms with van der Waals surface area (Å²) in [5, 5.41) is 18.7. The summed E-state index contributed by atoms with van der Waals surface area (Å²) in [6, 6.07) is 6.24. The smallest absolute Gasteiger partial charge is 0.410 e. The summed E-state index contributed by atoms with van der Waals surface area (Å²) in [4.78, 5) is 36.6. The fourth-order valence-corrected chi connectivity index (χ4v) is 3.07. The van der Waals surface area contributed by atoms with Crippen LogP contribution in [0.1, 0.15) is 49.5 Å². The van der Waals surface area contributed by atoms with Gasteiger partial charge in [-0.15, -0.1) is 0 Å². The third-order valence-corrected chi connectivity index (χ3v) is 4.57. The Balaban J connectivity index is 2.07. The van der Waals surface area contributed by atoms with Gasteiger partial charge in [-0.25, -0.2) is 9.59 Å². The summed E-state index contributed by atoms with van der Waals surface area (Å²) >= 11 is 0. The van der Waals surface area contributed by atoms with E-state index in [0.29, 0.717) is 32.4 Å².